The number of rotatable bonds is 3. The summed E-state index contributed by atoms with van der Waals surface area (Å²) in [7, 11) is 3.07. The van der Waals surface area contributed by atoms with Gasteiger partial charge in [-0.25, -0.2) is 4.98 Å². The van der Waals surface area contributed by atoms with Crippen molar-refractivity contribution in [3.05, 3.63) is 35.5 Å². The average Bonchev–Trinajstić information content (AvgIpc) is 2.90. The highest BCUT2D eigenvalue weighted by molar-refractivity contribution is 5.93. The van der Waals surface area contributed by atoms with Gasteiger partial charge in [0.15, 0.2) is 5.69 Å². The van der Waals surface area contributed by atoms with Crippen molar-refractivity contribution < 1.29 is 22.4 Å². The minimum Gasteiger partial charge on any atom is -0.440 e. The van der Waals surface area contributed by atoms with E-state index in [1.807, 2.05) is 0 Å². The number of hydrogen-bond acceptors (Lipinski definition) is 4. The lowest BCUT2D eigenvalue weighted by atomic mass is 10.1. The molecule has 124 valence electrons. The molecule has 0 spiro atoms. The molecule has 0 fully saturated rings. The number of hydrogen-bond donors (Lipinski definition) is 0. The van der Waals surface area contributed by atoms with Crippen LogP contribution >= 0.6 is 0 Å². The lowest BCUT2D eigenvalue weighted by molar-refractivity contribution is -0.137. The number of pyridine rings is 1. The van der Waals surface area contributed by atoms with Crippen molar-refractivity contribution in [2.24, 2.45) is 0 Å². The van der Waals surface area contributed by atoms with Crippen LogP contribution in [0.1, 0.15) is 41.6 Å². The summed E-state index contributed by atoms with van der Waals surface area (Å²) in [6.45, 7) is 3.54. The molecule has 0 aliphatic rings. The maximum Gasteiger partial charge on any atom is 0.417 e. The van der Waals surface area contributed by atoms with Crippen LogP contribution in [0.3, 0.4) is 0 Å². The predicted molar refractivity (Wildman–Crippen MR) is 76.8 cm³/mol. The second-order valence-electron chi connectivity index (χ2n) is 5.51. The summed E-state index contributed by atoms with van der Waals surface area (Å²) in [6, 6.07) is 0.849. The number of halogens is 3. The van der Waals surface area contributed by atoms with E-state index >= 15 is 0 Å². The maximum absolute atomic E-state index is 13.1. The number of nitrogens with zero attached hydrogens (tertiary/aromatic N) is 3. The second kappa shape index (κ2) is 6.02. The first-order chi connectivity index (χ1) is 10.6. The topological polar surface area (TPSA) is 59.2 Å². The molecule has 0 bridgehead atoms. The molecule has 0 saturated carbocycles. The standard InChI is InChI=1S/C15H16F3N3O2/c1-8(2)12-11(14(22)21(3)4)20-13(23-12)9-7-19-6-5-10(9)15(16,17)18/h5-8H,1-4H3. The summed E-state index contributed by atoms with van der Waals surface area (Å²) in [5.41, 5.74) is -1.19. The van der Waals surface area contributed by atoms with Crippen LogP contribution in [0.4, 0.5) is 13.2 Å². The Kier molecular flexibility index (Phi) is 4.44. The quantitative estimate of drug-likeness (QED) is 0.864. The molecule has 2 rings (SSSR count). The van der Waals surface area contributed by atoms with Crippen molar-refractivity contribution >= 4 is 5.91 Å². The molecule has 8 heteroatoms. The van der Waals surface area contributed by atoms with Gasteiger partial charge in [-0.1, -0.05) is 13.8 Å². The zero-order chi connectivity index (χ0) is 17.4. The second-order valence-corrected chi connectivity index (χ2v) is 5.51. The van der Waals surface area contributed by atoms with Gasteiger partial charge in [0.05, 0.1) is 11.1 Å². The van der Waals surface area contributed by atoms with Crippen LogP contribution in [0.25, 0.3) is 11.5 Å². The summed E-state index contributed by atoms with van der Waals surface area (Å²) in [5.74, 6) is -0.655. The van der Waals surface area contributed by atoms with Crippen molar-refractivity contribution in [3.8, 4) is 11.5 Å². The largest absolute Gasteiger partial charge is 0.440 e. The molecule has 0 aromatic carbocycles. The van der Waals surface area contributed by atoms with E-state index in [0.29, 0.717) is 0 Å². The summed E-state index contributed by atoms with van der Waals surface area (Å²) in [5, 5.41) is 0. The molecule has 2 aromatic rings. The van der Waals surface area contributed by atoms with E-state index in [-0.39, 0.29) is 28.8 Å². The Hall–Kier alpha value is -2.38. The molecular weight excluding hydrogens is 311 g/mol. The smallest absolute Gasteiger partial charge is 0.417 e. The Morgan fingerprint density at radius 1 is 1.30 bits per heavy atom. The van der Waals surface area contributed by atoms with Crippen LogP contribution in [-0.2, 0) is 6.18 Å². The van der Waals surface area contributed by atoms with Crippen molar-refractivity contribution in [1.82, 2.24) is 14.9 Å². The first-order valence-electron chi connectivity index (χ1n) is 6.87. The average molecular weight is 327 g/mol. The van der Waals surface area contributed by atoms with Gasteiger partial charge in [0.25, 0.3) is 5.91 Å². The molecular formula is C15H16F3N3O2. The number of oxazole rings is 1. The molecule has 1 amide bonds. The van der Waals surface area contributed by atoms with Crippen molar-refractivity contribution in [2.75, 3.05) is 14.1 Å². The molecule has 2 heterocycles. The third kappa shape index (κ3) is 3.35. The Morgan fingerprint density at radius 3 is 2.48 bits per heavy atom. The van der Waals surface area contributed by atoms with Crippen LogP contribution in [0.2, 0.25) is 0 Å². The highest BCUT2D eigenvalue weighted by Gasteiger charge is 2.36. The van der Waals surface area contributed by atoms with Gasteiger partial charge in [-0.3, -0.25) is 9.78 Å². The fraction of sp³-hybridized carbons (Fsp3) is 0.400. The molecule has 5 nitrogen and oxygen atoms in total. The van der Waals surface area contributed by atoms with E-state index < -0.39 is 17.6 Å². The number of amides is 1. The van der Waals surface area contributed by atoms with E-state index in [1.54, 1.807) is 13.8 Å². The molecule has 23 heavy (non-hydrogen) atoms. The Balaban J connectivity index is 2.63. The third-order valence-corrected chi connectivity index (χ3v) is 3.14. The molecule has 2 aromatic heterocycles. The first kappa shape index (κ1) is 17.0. The van der Waals surface area contributed by atoms with Crippen LogP contribution in [0.5, 0.6) is 0 Å². The van der Waals surface area contributed by atoms with Crippen LogP contribution in [0, 0.1) is 0 Å². The van der Waals surface area contributed by atoms with Crippen molar-refractivity contribution in [1.29, 1.82) is 0 Å². The first-order valence-corrected chi connectivity index (χ1v) is 6.87. The summed E-state index contributed by atoms with van der Waals surface area (Å²) >= 11 is 0. The summed E-state index contributed by atoms with van der Waals surface area (Å²) in [4.78, 5) is 21.2. The van der Waals surface area contributed by atoms with E-state index in [9.17, 15) is 18.0 Å². The van der Waals surface area contributed by atoms with Gasteiger partial charge in [0.2, 0.25) is 5.89 Å². The number of carbonyl (C=O) groups excluding carboxylic acids is 1. The predicted octanol–water partition coefficient (Wildman–Crippen LogP) is 3.58. The van der Waals surface area contributed by atoms with Gasteiger partial charge >= 0.3 is 6.18 Å². The monoisotopic (exact) mass is 327 g/mol. The zero-order valence-corrected chi connectivity index (χ0v) is 13.1. The van der Waals surface area contributed by atoms with E-state index in [0.717, 1.165) is 18.5 Å². The van der Waals surface area contributed by atoms with E-state index in [4.69, 9.17) is 4.42 Å². The van der Waals surface area contributed by atoms with E-state index in [2.05, 4.69) is 9.97 Å². The van der Waals surface area contributed by atoms with Gasteiger partial charge in [0.1, 0.15) is 5.76 Å². The van der Waals surface area contributed by atoms with E-state index in [1.165, 1.54) is 19.0 Å². The van der Waals surface area contributed by atoms with Crippen molar-refractivity contribution in [3.63, 3.8) is 0 Å². The molecule has 0 atom stereocenters. The van der Waals surface area contributed by atoms with Gasteiger partial charge in [-0.05, 0) is 6.07 Å². The molecule has 0 saturated heterocycles. The number of carbonyl (C=O) groups is 1. The molecule has 0 aliphatic carbocycles. The molecule has 0 radical (unpaired) electrons. The fourth-order valence-corrected chi connectivity index (χ4v) is 2.02. The highest BCUT2D eigenvalue weighted by Crippen LogP contribution is 2.37. The molecule has 0 aliphatic heterocycles. The SMILES string of the molecule is CC(C)c1oc(-c2cnccc2C(F)(F)F)nc1C(=O)N(C)C. The Labute approximate surface area is 131 Å². The lowest BCUT2D eigenvalue weighted by Crippen LogP contribution is -2.23. The minimum atomic E-state index is -4.57. The third-order valence-electron chi connectivity index (χ3n) is 3.14. The van der Waals surface area contributed by atoms with Crippen LogP contribution < -0.4 is 0 Å². The van der Waals surface area contributed by atoms with Gasteiger partial charge < -0.3 is 9.32 Å². The van der Waals surface area contributed by atoms with Crippen LogP contribution in [-0.4, -0.2) is 34.9 Å². The number of alkyl halides is 3. The van der Waals surface area contributed by atoms with Gasteiger partial charge in [-0.15, -0.1) is 0 Å². The zero-order valence-electron chi connectivity index (χ0n) is 13.1. The Bertz CT molecular complexity index is 721. The van der Waals surface area contributed by atoms with Gasteiger partial charge in [0, 0.05) is 32.4 Å². The Morgan fingerprint density at radius 2 is 1.96 bits per heavy atom. The highest BCUT2D eigenvalue weighted by atomic mass is 19.4. The summed E-state index contributed by atoms with van der Waals surface area (Å²) < 4.78 is 44.8. The number of aromatic nitrogens is 2. The van der Waals surface area contributed by atoms with Gasteiger partial charge in [-0.2, -0.15) is 13.2 Å². The summed E-state index contributed by atoms with van der Waals surface area (Å²) in [6.07, 6.45) is -2.50. The van der Waals surface area contributed by atoms with Crippen molar-refractivity contribution in [2.45, 2.75) is 25.9 Å². The molecule has 0 unspecified atom stereocenters. The fourth-order valence-electron chi connectivity index (χ4n) is 2.02. The minimum absolute atomic E-state index is 0.0111. The maximum atomic E-state index is 13.1. The van der Waals surface area contributed by atoms with Crippen LogP contribution in [0.15, 0.2) is 22.9 Å². The lowest BCUT2D eigenvalue weighted by Gasteiger charge is -2.09. The molecule has 0 N–H and O–H groups in total. The normalized spacial score (nSPS) is 11.8.